The SMILES string of the molecule is Cc1ccc(O)c(C)c1-n1nc(-c2ccco2)c(C)c1N.NC=O. The van der Waals surface area contributed by atoms with Gasteiger partial charge in [-0.1, -0.05) is 6.07 Å². The van der Waals surface area contributed by atoms with E-state index in [-0.39, 0.29) is 12.2 Å². The number of aromatic hydroxyl groups is 1. The molecule has 0 radical (unpaired) electrons. The van der Waals surface area contributed by atoms with Gasteiger partial charge in [0.25, 0.3) is 0 Å². The maximum absolute atomic E-state index is 9.94. The Morgan fingerprint density at radius 3 is 2.46 bits per heavy atom. The third-order valence-electron chi connectivity index (χ3n) is 3.74. The molecule has 2 heterocycles. The number of carbonyl (C=O) groups excluding carboxylic acids is 1. The van der Waals surface area contributed by atoms with Crippen LogP contribution in [0.4, 0.5) is 5.82 Å². The fourth-order valence-corrected chi connectivity index (χ4v) is 2.48. The number of furan rings is 1. The number of benzene rings is 1. The number of phenols is 1. The van der Waals surface area contributed by atoms with Crippen LogP contribution in [0.2, 0.25) is 0 Å². The second-order valence-electron chi connectivity index (χ2n) is 5.26. The van der Waals surface area contributed by atoms with Crippen molar-refractivity contribution in [3.63, 3.8) is 0 Å². The summed E-state index contributed by atoms with van der Waals surface area (Å²) in [6, 6.07) is 7.19. The third kappa shape index (κ3) is 2.96. The summed E-state index contributed by atoms with van der Waals surface area (Å²) in [6.45, 7) is 5.72. The Morgan fingerprint density at radius 1 is 1.21 bits per heavy atom. The average molecular weight is 328 g/mol. The van der Waals surface area contributed by atoms with Gasteiger partial charge < -0.3 is 21.0 Å². The van der Waals surface area contributed by atoms with E-state index in [4.69, 9.17) is 14.9 Å². The van der Waals surface area contributed by atoms with Gasteiger partial charge in [-0.3, -0.25) is 4.79 Å². The predicted molar refractivity (Wildman–Crippen MR) is 91.8 cm³/mol. The molecule has 7 nitrogen and oxygen atoms in total. The molecule has 0 bridgehead atoms. The van der Waals surface area contributed by atoms with Crippen LogP contribution >= 0.6 is 0 Å². The van der Waals surface area contributed by atoms with Crippen LogP contribution in [-0.4, -0.2) is 21.3 Å². The average Bonchev–Trinajstić information content (AvgIpc) is 3.16. The van der Waals surface area contributed by atoms with E-state index in [1.807, 2.05) is 39.0 Å². The number of phenolic OH excluding ortho intramolecular Hbond substituents is 1. The van der Waals surface area contributed by atoms with E-state index >= 15 is 0 Å². The second-order valence-corrected chi connectivity index (χ2v) is 5.26. The van der Waals surface area contributed by atoms with Crippen LogP contribution in [0.25, 0.3) is 17.1 Å². The number of nitrogen functional groups attached to an aromatic ring is 1. The van der Waals surface area contributed by atoms with Crippen LogP contribution in [0.3, 0.4) is 0 Å². The van der Waals surface area contributed by atoms with Crippen molar-refractivity contribution in [2.75, 3.05) is 5.73 Å². The summed E-state index contributed by atoms with van der Waals surface area (Å²) in [4.78, 5) is 8.58. The fourth-order valence-electron chi connectivity index (χ4n) is 2.48. The summed E-state index contributed by atoms with van der Waals surface area (Å²) in [5, 5.41) is 14.5. The van der Waals surface area contributed by atoms with Gasteiger partial charge in [-0.2, -0.15) is 5.10 Å². The maximum atomic E-state index is 9.94. The molecule has 3 rings (SSSR count). The van der Waals surface area contributed by atoms with Crippen LogP contribution < -0.4 is 11.5 Å². The molecule has 0 saturated heterocycles. The summed E-state index contributed by atoms with van der Waals surface area (Å²) in [5.74, 6) is 1.44. The highest BCUT2D eigenvalue weighted by atomic mass is 16.3. The quantitative estimate of drug-likeness (QED) is 0.624. The van der Waals surface area contributed by atoms with Gasteiger partial charge in [-0.25, -0.2) is 4.68 Å². The molecule has 0 aliphatic carbocycles. The van der Waals surface area contributed by atoms with Crippen molar-refractivity contribution in [2.45, 2.75) is 20.8 Å². The molecule has 0 fully saturated rings. The number of aryl methyl sites for hydroxylation is 1. The first-order valence-corrected chi connectivity index (χ1v) is 7.26. The van der Waals surface area contributed by atoms with E-state index < -0.39 is 0 Å². The Balaban J connectivity index is 0.000000647. The van der Waals surface area contributed by atoms with Gasteiger partial charge in [0.1, 0.15) is 17.3 Å². The van der Waals surface area contributed by atoms with Gasteiger partial charge in [0.15, 0.2) is 5.76 Å². The largest absolute Gasteiger partial charge is 0.508 e. The van der Waals surface area contributed by atoms with Crippen LogP contribution in [0, 0.1) is 20.8 Å². The first-order chi connectivity index (χ1) is 11.4. The van der Waals surface area contributed by atoms with Crippen LogP contribution in [0.5, 0.6) is 5.75 Å². The zero-order valence-corrected chi connectivity index (χ0v) is 13.8. The number of hydrogen-bond acceptors (Lipinski definition) is 5. The first-order valence-electron chi connectivity index (χ1n) is 7.26. The number of primary amides is 1. The molecule has 1 amide bonds. The second kappa shape index (κ2) is 6.91. The molecule has 0 atom stereocenters. The molecule has 5 N–H and O–H groups in total. The van der Waals surface area contributed by atoms with Crippen LogP contribution in [0.1, 0.15) is 16.7 Å². The molecule has 24 heavy (non-hydrogen) atoms. The van der Waals surface area contributed by atoms with Crippen LogP contribution in [-0.2, 0) is 4.79 Å². The highest BCUT2D eigenvalue weighted by Gasteiger charge is 2.19. The van der Waals surface area contributed by atoms with Crippen LogP contribution in [0.15, 0.2) is 34.9 Å². The van der Waals surface area contributed by atoms with Crippen molar-refractivity contribution in [1.82, 2.24) is 9.78 Å². The molecular formula is C17H20N4O3. The van der Waals surface area contributed by atoms with Crippen molar-refractivity contribution in [3.8, 4) is 22.9 Å². The lowest BCUT2D eigenvalue weighted by molar-refractivity contribution is -0.106. The van der Waals surface area contributed by atoms with E-state index in [1.165, 1.54) is 0 Å². The Hall–Kier alpha value is -3.22. The molecule has 0 aliphatic heterocycles. The molecule has 2 aromatic heterocycles. The summed E-state index contributed by atoms with van der Waals surface area (Å²) in [7, 11) is 0. The minimum absolute atomic E-state index is 0.225. The third-order valence-corrected chi connectivity index (χ3v) is 3.74. The summed E-state index contributed by atoms with van der Waals surface area (Å²) < 4.78 is 7.07. The number of aromatic nitrogens is 2. The Bertz CT molecular complexity index is 851. The smallest absolute Gasteiger partial charge is 0.204 e. The van der Waals surface area contributed by atoms with Crippen molar-refractivity contribution in [3.05, 3.63) is 47.2 Å². The van der Waals surface area contributed by atoms with Crippen molar-refractivity contribution in [1.29, 1.82) is 0 Å². The topological polar surface area (TPSA) is 120 Å². The number of anilines is 1. The number of nitrogens with zero attached hydrogens (tertiary/aromatic N) is 2. The lowest BCUT2D eigenvalue weighted by Crippen LogP contribution is -2.06. The van der Waals surface area contributed by atoms with Gasteiger partial charge in [-0.05, 0) is 44.5 Å². The number of hydrogen-bond donors (Lipinski definition) is 3. The summed E-state index contributed by atoms with van der Waals surface area (Å²) >= 11 is 0. The van der Waals surface area contributed by atoms with E-state index in [9.17, 15) is 5.11 Å². The van der Waals surface area contributed by atoms with E-state index in [0.29, 0.717) is 17.3 Å². The normalized spacial score (nSPS) is 10.1. The molecule has 0 aliphatic rings. The molecule has 3 aromatic rings. The minimum Gasteiger partial charge on any atom is -0.508 e. The number of nitrogens with two attached hydrogens (primary N) is 2. The summed E-state index contributed by atoms with van der Waals surface area (Å²) in [6.07, 6.45) is 1.86. The van der Waals surface area contributed by atoms with E-state index in [2.05, 4.69) is 10.8 Å². The molecule has 7 heteroatoms. The van der Waals surface area contributed by atoms with Crippen molar-refractivity contribution in [2.24, 2.45) is 5.73 Å². The number of rotatable bonds is 2. The van der Waals surface area contributed by atoms with Crippen molar-refractivity contribution < 1.29 is 14.3 Å². The van der Waals surface area contributed by atoms with Gasteiger partial charge in [0.2, 0.25) is 6.41 Å². The lowest BCUT2D eigenvalue weighted by Gasteiger charge is -2.12. The zero-order valence-electron chi connectivity index (χ0n) is 13.8. The maximum Gasteiger partial charge on any atom is 0.204 e. The Labute approximate surface area is 139 Å². The molecule has 0 saturated carbocycles. The van der Waals surface area contributed by atoms with Gasteiger partial charge in [0, 0.05) is 11.1 Å². The molecule has 0 spiro atoms. The highest BCUT2D eigenvalue weighted by Crippen LogP contribution is 2.33. The van der Waals surface area contributed by atoms with Crippen molar-refractivity contribution >= 4 is 12.2 Å². The van der Waals surface area contributed by atoms with Gasteiger partial charge in [-0.15, -0.1) is 0 Å². The lowest BCUT2D eigenvalue weighted by atomic mass is 10.1. The standard InChI is InChI=1S/C16H17N3O2.CH3NO/c1-9-6-7-12(20)10(2)15(9)19-16(17)11(3)14(18-19)13-5-4-8-21-13;2-1-3/h4-8,20H,17H2,1-3H3;1H,(H2,2,3). The van der Waals surface area contributed by atoms with Gasteiger partial charge >= 0.3 is 0 Å². The Morgan fingerprint density at radius 2 is 1.88 bits per heavy atom. The molecular weight excluding hydrogens is 308 g/mol. The fraction of sp³-hybridized carbons (Fsp3) is 0.176. The van der Waals surface area contributed by atoms with Gasteiger partial charge in [0.05, 0.1) is 12.0 Å². The highest BCUT2D eigenvalue weighted by molar-refractivity contribution is 5.67. The molecule has 126 valence electrons. The predicted octanol–water partition coefficient (Wildman–Crippen LogP) is 2.45. The molecule has 1 aromatic carbocycles. The number of amides is 1. The summed E-state index contributed by atoms with van der Waals surface area (Å²) in [5.41, 5.74) is 14.5. The first kappa shape index (κ1) is 17.1. The van der Waals surface area contributed by atoms with E-state index in [1.54, 1.807) is 17.0 Å². The minimum atomic E-state index is 0.225. The Kier molecular flexibility index (Phi) is 4.93. The molecule has 0 unspecified atom stereocenters. The zero-order chi connectivity index (χ0) is 17.9. The monoisotopic (exact) mass is 328 g/mol. The number of carbonyl (C=O) groups is 1. The van der Waals surface area contributed by atoms with E-state index in [0.717, 1.165) is 22.4 Å².